The van der Waals surface area contributed by atoms with E-state index in [1.807, 2.05) is 19.1 Å². The van der Waals surface area contributed by atoms with Crippen LogP contribution >= 0.6 is 11.6 Å². The topological polar surface area (TPSA) is 61.4 Å². The fraction of sp³-hybridized carbons (Fsp3) is 0.364. The molecule has 1 fully saturated rings. The van der Waals surface area contributed by atoms with E-state index in [9.17, 15) is 9.59 Å². The molecule has 2 N–H and O–H groups in total. The standard InChI is InChI=1S/C22H26ClN3O2/c1-2-12-24-21(27)18-15-16(10-11-20(18)26-13-6-3-7-14-26)25-22(28)17-8-4-5-9-19(17)23/h4-5,8-11,15H,2-3,6-7,12-14H2,1H3,(H,24,27)(H,25,28). The van der Waals surface area contributed by atoms with Gasteiger partial charge < -0.3 is 15.5 Å². The summed E-state index contributed by atoms with van der Waals surface area (Å²) in [4.78, 5) is 27.6. The number of nitrogens with zero attached hydrogens (tertiary/aromatic N) is 1. The SMILES string of the molecule is CCCNC(=O)c1cc(NC(=O)c2ccccc2Cl)ccc1N1CCCCC1. The van der Waals surface area contributed by atoms with Gasteiger partial charge in [-0.15, -0.1) is 0 Å². The summed E-state index contributed by atoms with van der Waals surface area (Å²) in [5.74, 6) is -0.410. The number of carbonyl (C=O) groups excluding carboxylic acids is 2. The third-order valence-electron chi connectivity index (χ3n) is 4.85. The van der Waals surface area contributed by atoms with E-state index in [1.165, 1.54) is 6.42 Å². The number of hydrogen-bond donors (Lipinski definition) is 2. The van der Waals surface area contributed by atoms with Crippen LogP contribution in [-0.2, 0) is 0 Å². The van der Waals surface area contributed by atoms with Crippen molar-refractivity contribution < 1.29 is 9.59 Å². The lowest BCUT2D eigenvalue weighted by Crippen LogP contribution is -2.33. The summed E-state index contributed by atoms with van der Waals surface area (Å²) in [7, 11) is 0. The average Bonchev–Trinajstić information content (AvgIpc) is 2.73. The van der Waals surface area contributed by atoms with Crippen molar-refractivity contribution in [3.05, 3.63) is 58.6 Å². The van der Waals surface area contributed by atoms with Gasteiger partial charge in [-0.3, -0.25) is 9.59 Å². The van der Waals surface area contributed by atoms with Crippen molar-refractivity contribution in [2.45, 2.75) is 32.6 Å². The lowest BCUT2D eigenvalue weighted by molar-refractivity contribution is 0.0952. The molecule has 0 aliphatic carbocycles. The molecular weight excluding hydrogens is 374 g/mol. The van der Waals surface area contributed by atoms with Gasteiger partial charge in [0.1, 0.15) is 0 Å². The number of nitrogens with one attached hydrogen (secondary N) is 2. The minimum absolute atomic E-state index is 0.115. The number of amides is 2. The Kier molecular flexibility index (Phi) is 6.93. The molecule has 6 heteroatoms. The second-order valence-corrected chi connectivity index (χ2v) is 7.38. The minimum Gasteiger partial charge on any atom is -0.371 e. The van der Waals surface area contributed by atoms with E-state index in [2.05, 4.69) is 15.5 Å². The molecule has 0 spiro atoms. The Balaban J connectivity index is 1.87. The molecule has 2 aromatic rings. The van der Waals surface area contributed by atoms with Gasteiger partial charge in [0.05, 0.1) is 16.1 Å². The summed E-state index contributed by atoms with van der Waals surface area (Å²) in [6.07, 6.45) is 4.34. The molecule has 148 valence electrons. The van der Waals surface area contributed by atoms with Crippen LogP contribution in [0.5, 0.6) is 0 Å². The number of rotatable bonds is 6. The summed E-state index contributed by atoms with van der Waals surface area (Å²) in [6.45, 7) is 4.53. The molecular formula is C22H26ClN3O2. The van der Waals surface area contributed by atoms with E-state index >= 15 is 0 Å². The molecule has 0 atom stereocenters. The van der Waals surface area contributed by atoms with Crippen LogP contribution in [-0.4, -0.2) is 31.4 Å². The lowest BCUT2D eigenvalue weighted by atomic mass is 10.1. The number of anilines is 2. The molecule has 2 aromatic carbocycles. The summed E-state index contributed by atoms with van der Waals surface area (Å²) in [6, 6.07) is 12.4. The summed E-state index contributed by atoms with van der Waals surface area (Å²) in [5.41, 5.74) is 2.49. The van der Waals surface area contributed by atoms with Gasteiger partial charge in [-0.05, 0) is 56.0 Å². The first-order chi connectivity index (χ1) is 13.6. The smallest absolute Gasteiger partial charge is 0.257 e. The lowest BCUT2D eigenvalue weighted by Gasteiger charge is -2.30. The molecule has 1 saturated heterocycles. The predicted molar refractivity (Wildman–Crippen MR) is 115 cm³/mol. The first-order valence-corrected chi connectivity index (χ1v) is 10.2. The van der Waals surface area contributed by atoms with Crippen LogP contribution in [0.25, 0.3) is 0 Å². The fourth-order valence-corrected chi connectivity index (χ4v) is 3.61. The second kappa shape index (κ2) is 9.60. The molecule has 2 amide bonds. The highest BCUT2D eigenvalue weighted by Gasteiger charge is 2.20. The van der Waals surface area contributed by atoms with Crippen molar-refractivity contribution in [1.82, 2.24) is 5.32 Å². The molecule has 0 aromatic heterocycles. The highest BCUT2D eigenvalue weighted by Crippen LogP contribution is 2.28. The van der Waals surface area contributed by atoms with E-state index in [1.54, 1.807) is 30.3 Å². The Morgan fingerprint density at radius 2 is 1.75 bits per heavy atom. The Morgan fingerprint density at radius 1 is 1.00 bits per heavy atom. The molecule has 0 radical (unpaired) electrons. The van der Waals surface area contributed by atoms with E-state index in [4.69, 9.17) is 11.6 Å². The zero-order valence-electron chi connectivity index (χ0n) is 16.1. The van der Waals surface area contributed by atoms with E-state index in [-0.39, 0.29) is 11.8 Å². The largest absolute Gasteiger partial charge is 0.371 e. The first kappa shape index (κ1) is 20.2. The van der Waals surface area contributed by atoms with Gasteiger partial charge in [0.25, 0.3) is 11.8 Å². The van der Waals surface area contributed by atoms with Crippen LogP contribution in [0.15, 0.2) is 42.5 Å². The third-order valence-corrected chi connectivity index (χ3v) is 5.18. The predicted octanol–water partition coefficient (Wildman–Crippen LogP) is 4.72. The zero-order valence-corrected chi connectivity index (χ0v) is 16.9. The van der Waals surface area contributed by atoms with Gasteiger partial charge in [0.2, 0.25) is 0 Å². The van der Waals surface area contributed by atoms with Crippen molar-refractivity contribution in [3.8, 4) is 0 Å². The van der Waals surface area contributed by atoms with Crippen molar-refractivity contribution in [2.24, 2.45) is 0 Å². The second-order valence-electron chi connectivity index (χ2n) is 6.97. The van der Waals surface area contributed by atoms with E-state index in [0.29, 0.717) is 28.4 Å². The number of hydrogen-bond acceptors (Lipinski definition) is 3. The van der Waals surface area contributed by atoms with E-state index < -0.39 is 0 Å². The number of halogens is 1. The van der Waals surface area contributed by atoms with Gasteiger partial charge in [-0.1, -0.05) is 30.7 Å². The van der Waals surface area contributed by atoms with Crippen LogP contribution in [0.2, 0.25) is 5.02 Å². The summed E-state index contributed by atoms with van der Waals surface area (Å²) >= 11 is 6.12. The molecule has 1 aliphatic rings. The molecule has 3 rings (SSSR count). The Labute approximate surface area is 171 Å². The zero-order chi connectivity index (χ0) is 19.9. The van der Waals surface area contributed by atoms with Gasteiger partial charge >= 0.3 is 0 Å². The molecule has 0 bridgehead atoms. The fourth-order valence-electron chi connectivity index (χ4n) is 3.38. The molecule has 0 saturated carbocycles. The monoisotopic (exact) mass is 399 g/mol. The normalized spacial score (nSPS) is 13.9. The van der Waals surface area contributed by atoms with Crippen LogP contribution < -0.4 is 15.5 Å². The van der Waals surface area contributed by atoms with Crippen molar-refractivity contribution >= 4 is 34.8 Å². The maximum atomic E-state index is 12.8. The van der Waals surface area contributed by atoms with Gasteiger partial charge in [0, 0.05) is 31.0 Å². The van der Waals surface area contributed by atoms with Gasteiger partial charge in [-0.2, -0.15) is 0 Å². The Bertz CT molecular complexity index is 847. The molecule has 0 unspecified atom stereocenters. The average molecular weight is 400 g/mol. The maximum absolute atomic E-state index is 12.8. The Morgan fingerprint density at radius 3 is 2.46 bits per heavy atom. The van der Waals surface area contributed by atoms with E-state index in [0.717, 1.165) is 38.0 Å². The summed E-state index contributed by atoms with van der Waals surface area (Å²) < 4.78 is 0. The first-order valence-electron chi connectivity index (χ1n) is 9.83. The molecule has 1 aliphatic heterocycles. The highest BCUT2D eigenvalue weighted by molar-refractivity contribution is 6.34. The van der Waals surface area contributed by atoms with Crippen molar-refractivity contribution in [1.29, 1.82) is 0 Å². The van der Waals surface area contributed by atoms with Crippen molar-refractivity contribution in [2.75, 3.05) is 29.9 Å². The highest BCUT2D eigenvalue weighted by atomic mass is 35.5. The van der Waals surface area contributed by atoms with Gasteiger partial charge in [-0.25, -0.2) is 0 Å². The molecule has 28 heavy (non-hydrogen) atoms. The number of piperidine rings is 1. The van der Waals surface area contributed by atoms with Crippen LogP contribution in [0.3, 0.4) is 0 Å². The Hall–Kier alpha value is -2.53. The summed E-state index contributed by atoms with van der Waals surface area (Å²) in [5, 5.41) is 6.20. The number of benzene rings is 2. The quantitative estimate of drug-likeness (QED) is 0.738. The van der Waals surface area contributed by atoms with Crippen molar-refractivity contribution in [3.63, 3.8) is 0 Å². The molecule has 1 heterocycles. The van der Waals surface area contributed by atoms with Gasteiger partial charge in [0.15, 0.2) is 0 Å². The van der Waals surface area contributed by atoms with Crippen LogP contribution in [0.1, 0.15) is 53.3 Å². The number of carbonyl (C=O) groups is 2. The molecule has 5 nitrogen and oxygen atoms in total. The maximum Gasteiger partial charge on any atom is 0.257 e. The third kappa shape index (κ3) is 4.84. The van der Waals surface area contributed by atoms with Crippen LogP contribution in [0, 0.1) is 0 Å². The minimum atomic E-state index is -0.295. The van der Waals surface area contributed by atoms with Crippen LogP contribution in [0.4, 0.5) is 11.4 Å².